The molecule has 0 atom stereocenters. The number of rotatable bonds is 10. The number of thiophene rings is 1. The molecule has 1 N–H and O–H groups in total. The van der Waals surface area contributed by atoms with Gasteiger partial charge in [0.2, 0.25) is 5.91 Å². The molecule has 192 valence electrons. The van der Waals surface area contributed by atoms with E-state index >= 15 is 0 Å². The Bertz CT molecular complexity index is 1260. The zero-order valence-corrected chi connectivity index (χ0v) is 22.3. The summed E-state index contributed by atoms with van der Waals surface area (Å²) in [7, 11) is 0. The molecule has 0 radical (unpaired) electrons. The summed E-state index contributed by atoms with van der Waals surface area (Å²) in [5.74, 6) is -0.0989. The number of aromatic nitrogens is 3. The number of benzene rings is 1. The van der Waals surface area contributed by atoms with Gasteiger partial charge in [0.05, 0.1) is 22.9 Å². The summed E-state index contributed by atoms with van der Waals surface area (Å²) in [4.78, 5) is 26.6. The quantitative estimate of drug-likeness (QED) is 0.261. The number of ether oxygens (including phenoxy) is 2. The third-order valence-electron chi connectivity index (χ3n) is 5.60. The molecule has 0 unspecified atom stereocenters. The van der Waals surface area contributed by atoms with E-state index in [0.717, 1.165) is 36.1 Å². The second-order valence-electron chi connectivity index (χ2n) is 7.98. The Labute approximate surface area is 221 Å². The van der Waals surface area contributed by atoms with Crippen LogP contribution in [-0.2, 0) is 35.5 Å². The van der Waals surface area contributed by atoms with Crippen molar-refractivity contribution in [1.82, 2.24) is 14.8 Å². The van der Waals surface area contributed by atoms with Crippen LogP contribution in [0.1, 0.15) is 53.3 Å². The number of thioether (sulfide) groups is 1. The maximum Gasteiger partial charge on any atom is 0.341 e. The number of carbonyl (C=O) groups is 2. The van der Waals surface area contributed by atoms with Crippen molar-refractivity contribution in [3.8, 4) is 5.75 Å². The molecular weight excluding hydrogens is 527 g/mol. The molecule has 2 aromatic heterocycles. The second kappa shape index (κ2) is 12.1. The van der Waals surface area contributed by atoms with E-state index in [4.69, 9.17) is 21.1 Å². The Kier molecular flexibility index (Phi) is 8.86. The normalized spacial score (nSPS) is 12.8. The van der Waals surface area contributed by atoms with Gasteiger partial charge in [0, 0.05) is 11.4 Å². The minimum atomic E-state index is -0.446. The summed E-state index contributed by atoms with van der Waals surface area (Å²) < 4.78 is 26.0. The van der Waals surface area contributed by atoms with Gasteiger partial charge in [-0.3, -0.25) is 4.79 Å². The van der Waals surface area contributed by atoms with E-state index in [1.807, 2.05) is 11.5 Å². The molecule has 0 spiro atoms. The van der Waals surface area contributed by atoms with Crippen LogP contribution in [0, 0.1) is 5.82 Å². The van der Waals surface area contributed by atoms with Gasteiger partial charge in [-0.25, -0.2) is 9.18 Å². The molecule has 8 nitrogen and oxygen atoms in total. The first-order valence-electron chi connectivity index (χ1n) is 11.6. The molecule has 0 saturated heterocycles. The third-order valence-corrected chi connectivity index (χ3v) is 8.07. The molecule has 36 heavy (non-hydrogen) atoms. The fraction of sp³-hybridized carbons (Fsp3) is 0.417. The van der Waals surface area contributed by atoms with Gasteiger partial charge in [0.1, 0.15) is 23.2 Å². The van der Waals surface area contributed by atoms with Gasteiger partial charge < -0.3 is 19.4 Å². The number of hydrogen-bond donors (Lipinski definition) is 1. The van der Waals surface area contributed by atoms with Gasteiger partial charge in [-0.2, -0.15) is 0 Å². The molecule has 0 fully saturated rings. The number of amides is 1. The van der Waals surface area contributed by atoms with Gasteiger partial charge in [0.15, 0.2) is 11.0 Å². The van der Waals surface area contributed by atoms with Crippen LogP contribution in [-0.4, -0.2) is 39.0 Å². The summed E-state index contributed by atoms with van der Waals surface area (Å²) in [6.07, 6.45) is 3.82. The van der Waals surface area contributed by atoms with Gasteiger partial charge in [-0.1, -0.05) is 23.4 Å². The van der Waals surface area contributed by atoms with Crippen molar-refractivity contribution >= 4 is 51.6 Å². The largest absolute Gasteiger partial charge is 0.484 e. The first-order valence-corrected chi connectivity index (χ1v) is 13.8. The molecule has 4 rings (SSSR count). The number of hydrogen-bond acceptors (Lipinski definition) is 8. The Morgan fingerprint density at radius 1 is 1.25 bits per heavy atom. The number of fused-ring (bicyclic) bond motifs is 1. The van der Waals surface area contributed by atoms with Crippen molar-refractivity contribution in [3.05, 3.63) is 50.9 Å². The molecule has 0 bridgehead atoms. The van der Waals surface area contributed by atoms with Crippen molar-refractivity contribution in [3.63, 3.8) is 0 Å². The summed E-state index contributed by atoms with van der Waals surface area (Å²) in [5.41, 5.74) is 1.50. The number of nitrogens with one attached hydrogen (secondary N) is 1. The number of nitrogens with zero attached hydrogens (tertiary/aromatic N) is 3. The van der Waals surface area contributed by atoms with Crippen LogP contribution >= 0.6 is 34.7 Å². The van der Waals surface area contributed by atoms with E-state index in [1.54, 1.807) is 6.92 Å². The highest BCUT2D eigenvalue weighted by atomic mass is 35.5. The van der Waals surface area contributed by atoms with Crippen LogP contribution < -0.4 is 10.1 Å². The van der Waals surface area contributed by atoms with Crippen LogP contribution in [0.3, 0.4) is 0 Å². The van der Waals surface area contributed by atoms with Gasteiger partial charge in [0.25, 0.3) is 0 Å². The van der Waals surface area contributed by atoms with Gasteiger partial charge in [-0.05, 0) is 63.3 Å². The second-order valence-corrected chi connectivity index (χ2v) is 10.4. The maximum absolute atomic E-state index is 13.3. The number of halogens is 2. The minimum Gasteiger partial charge on any atom is -0.484 e. The summed E-state index contributed by atoms with van der Waals surface area (Å²) in [5, 5.41) is 12.6. The highest BCUT2D eigenvalue weighted by Gasteiger charge is 2.27. The van der Waals surface area contributed by atoms with Gasteiger partial charge in [-0.15, -0.1) is 21.5 Å². The lowest BCUT2D eigenvalue weighted by molar-refractivity contribution is -0.113. The van der Waals surface area contributed by atoms with E-state index in [2.05, 4.69) is 15.5 Å². The summed E-state index contributed by atoms with van der Waals surface area (Å²) in [6, 6.07) is 3.90. The molecular formula is C24H26ClFN4O4S2. The smallest absolute Gasteiger partial charge is 0.341 e. The van der Waals surface area contributed by atoms with Crippen molar-refractivity contribution in [1.29, 1.82) is 0 Å². The molecule has 1 aliphatic carbocycles. The zero-order chi connectivity index (χ0) is 25.7. The summed E-state index contributed by atoms with van der Waals surface area (Å²) in [6.45, 7) is 4.63. The van der Waals surface area contributed by atoms with Crippen LogP contribution in [0.15, 0.2) is 23.4 Å². The van der Waals surface area contributed by atoms with E-state index in [9.17, 15) is 14.0 Å². The van der Waals surface area contributed by atoms with Crippen LogP contribution in [0.4, 0.5) is 9.39 Å². The zero-order valence-electron chi connectivity index (χ0n) is 19.9. The van der Waals surface area contributed by atoms with Crippen LogP contribution in [0.5, 0.6) is 5.75 Å². The lowest BCUT2D eigenvalue weighted by Crippen LogP contribution is -2.17. The van der Waals surface area contributed by atoms with Crippen LogP contribution in [0.2, 0.25) is 5.02 Å². The number of esters is 1. The maximum atomic E-state index is 13.3. The van der Waals surface area contributed by atoms with Crippen molar-refractivity contribution < 1.29 is 23.5 Å². The Morgan fingerprint density at radius 3 is 2.81 bits per heavy atom. The Hall–Kier alpha value is -2.63. The average molecular weight is 553 g/mol. The van der Waals surface area contributed by atoms with Crippen LogP contribution in [0.25, 0.3) is 0 Å². The lowest BCUT2D eigenvalue weighted by atomic mass is 9.95. The van der Waals surface area contributed by atoms with E-state index in [0.29, 0.717) is 33.8 Å². The number of carbonyl (C=O) groups excluding carboxylic acids is 2. The Morgan fingerprint density at radius 2 is 2.06 bits per heavy atom. The SMILES string of the molecule is CCOC(=O)c1c(NC(=O)CSc2nnc(COc3ccc(F)cc3Cl)n2CC)sc2c1CCCC2. The van der Waals surface area contributed by atoms with E-state index in [-0.39, 0.29) is 29.9 Å². The molecule has 1 amide bonds. The minimum absolute atomic E-state index is 0.0859. The first-order chi connectivity index (χ1) is 17.4. The fourth-order valence-electron chi connectivity index (χ4n) is 3.95. The topological polar surface area (TPSA) is 95.3 Å². The Balaban J connectivity index is 1.40. The van der Waals surface area contributed by atoms with Crippen molar-refractivity contribution in [2.24, 2.45) is 0 Å². The van der Waals surface area contributed by atoms with Crippen molar-refractivity contribution in [2.45, 2.75) is 57.8 Å². The number of aryl methyl sites for hydroxylation is 1. The molecule has 2 heterocycles. The molecule has 3 aromatic rings. The first kappa shape index (κ1) is 26.4. The predicted molar refractivity (Wildman–Crippen MR) is 138 cm³/mol. The molecule has 12 heteroatoms. The molecule has 0 saturated carbocycles. The molecule has 1 aliphatic rings. The van der Waals surface area contributed by atoms with E-state index in [1.165, 1.54) is 41.3 Å². The summed E-state index contributed by atoms with van der Waals surface area (Å²) >= 11 is 8.72. The predicted octanol–water partition coefficient (Wildman–Crippen LogP) is 5.52. The monoisotopic (exact) mass is 552 g/mol. The molecule has 0 aliphatic heterocycles. The standard InChI is InChI=1S/C24H26ClFN4O4S2/c1-3-30-19(12-34-17-10-9-14(26)11-16(17)25)28-29-24(30)35-13-20(31)27-22-21(23(32)33-4-2)15-7-5-6-8-18(15)36-22/h9-11H,3-8,12-13H2,1-2H3,(H,27,31). The molecule has 1 aromatic carbocycles. The van der Waals surface area contributed by atoms with Crippen molar-refractivity contribution in [2.75, 3.05) is 17.7 Å². The van der Waals surface area contributed by atoms with Gasteiger partial charge >= 0.3 is 5.97 Å². The third kappa shape index (κ3) is 6.01. The highest BCUT2D eigenvalue weighted by molar-refractivity contribution is 7.99. The van der Waals surface area contributed by atoms with E-state index < -0.39 is 11.8 Å². The fourth-order valence-corrected chi connectivity index (χ4v) is 6.29. The number of anilines is 1. The average Bonchev–Trinajstić information content (AvgIpc) is 3.42. The lowest BCUT2D eigenvalue weighted by Gasteiger charge is -2.12. The highest BCUT2D eigenvalue weighted by Crippen LogP contribution is 2.38.